The molecule has 1 aliphatic heterocycles. The van der Waals surface area contributed by atoms with Crippen molar-refractivity contribution in [2.45, 2.75) is 262 Å². The summed E-state index contributed by atoms with van der Waals surface area (Å²) in [4.78, 5) is 17.5. The summed E-state index contributed by atoms with van der Waals surface area (Å²) in [6, 6.07) is -0.854. The highest BCUT2D eigenvalue weighted by molar-refractivity contribution is 7.44. The number of unbranched alkanes of at least 4 members (excludes halogenated alkanes) is 28. The van der Waals surface area contributed by atoms with Gasteiger partial charge in [0.25, 0.3) is 0 Å². The molecule has 5 unspecified atom stereocenters. The molecule has 1 saturated heterocycles. The summed E-state index contributed by atoms with van der Waals surface area (Å²) in [6.45, 7) is 3.64. The van der Waals surface area contributed by atoms with E-state index in [1.54, 1.807) is 6.08 Å². The highest BCUT2D eigenvalue weighted by Crippen LogP contribution is 2.25. The van der Waals surface area contributed by atoms with E-state index in [9.17, 15) is 30.5 Å². The first-order chi connectivity index (χ1) is 29.9. The van der Waals surface area contributed by atoms with Crippen LogP contribution in [0.15, 0.2) is 24.3 Å². The lowest BCUT2D eigenvalue weighted by Gasteiger charge is -2.41. The van der Waals surface area contributed by atoms with E-state index in [2.05, 4.69) is 53.8 Å². The SMILES string of the molecule is CCCCCCCC/C=C\CCCCCCCCCCCCCC(=O)N[C@@H](COC1OC(CO)C(O)C(OO[O-])C1O)[C@H](O)/C=C/CCCCCCCCCCCCC.O=S. The van der Waals surface area contributed by atoms with Crippen LogP contribution in [0.2, 0.25) is 0 Å². The second kappa shape index (κ2) is 45.2. The van der Waals surface area contributed by atoms with E-state index in [1.165, 1.54) is 161 Å². The van der Waals surface area contributed by atoms with E-state index in [-0.39, 0.29) is 12.5 Å². The number of rotatable bonds is 42. The Morgan fingerprint density at radius 1 is 0.656 bits per heavy atom. The summed E-state index contributed by atoms with van der Waals surface area (Å²) in [7, 11) is 0. The molecule has 1 aliphatic rings. The number of aliphatic hydroxyl groups excluding tert-OH is 4. The highest BCUT2D eigenvalue weighted by Gasteiger charge is 2.46. The van der Waals surface area contributed by atoms with Crippen LogP contribution in [0.5, 0.6) is 0 Å². The number of nitrogens with one attached hydrogen (secondary N) is 1. The van der Waals surface area contributed by atoms with E-state index >= 15 is 0 Å². The average molecular weight is 889 g/mol. The number of ether oxygens (including phenoxy) is 2. The van der Waals surface area contributed by atoms with Crippen LogP contribution < -0.4 is 10.6 Å². The minimum absolute atomic E-state index is 0.209. The fourth-order valence-corrected chi connectivity index (χ4v) is 7.77. The minimum Gasteiger partial charge on any atom is -0.692 e. The van der Waals surface area contributed by atoms with Gasteiger partial charge >= 0.3 is 0 Å². The van der Waals surface area contributed by atoms with Gasteiger partial charge < -0.3 is 40.5 Å². The predicted octanol–water partition coefficient (Wildman–Crippen LogP) is 9.18. The number of carbonyl (C=O) groups excluding carboxylic acids is 1. The smallest absolute Gasteiger partial charge is 0.220 e. The molecule has 61 heavy (non-hydrogen) atoms. The largest absolute Gasteiger partial charge is 0.692 e. The highest BCUT2D eigenvalue weighted by atomic mass is 32.1. The number of hydrogen-bond donors (Lipinski definition) is 5. The van der Waals surface area contributed by atoms with Gasteiger partial charge in [-0.15, -0.1) is 0 Å². The Balaban J connectivity index is 0.0000177. The molecule has 1 heterocycles. The van der Waals surface area contributed by atoms with Gasteiger partial charge in [-0.05, 0) is 44.9 Å². The maximum Gasteiger partial charge on any atom is 0.220 e. The minimum atomic E-state index is -1.64. The van der Waals surface area contributed by atoms with Gasteiger partial charge in [-0.2, -0.15) is 4.21 Å². The second-order valence-corrected chi connectivity index (χ2v) is 17.0. The van der Waals surface area contributed by atoms with E-state index in [0.29, 0.717) is 6.42 Å². The summed E-state index contributed by atoms with van der Waals surface area (Å²) >= 11 is 2.83. The van der Waals surface area contributed by atoms with Crippen LogP contribution in [0.3, 0.4) is 0 Å². The van der Waals surface area contributed by atoms with Gasteiger partial charge in [-0.25, -0.2) is 4.89 Å². The zero-order valence-electron chi connectivity index (χ0n) is 38.4. The number of carbonyl (C=O) groups is 1. The third-order valence-electron chi connectivity index (χ3n) is 11.6. The zero-order chi connectivity index (χ0) is 45.0. The van der Waals surface area contributed by atoms with Crippen LogP contribution in [-0.4, -0.2) is 86.6 Å². The van der Waals surface area contributed by atoms with Gasteiger partial charge in [-0.3, -0.25) is 9.83 Å². The van der Waals surface area contributed by atoms with Gasteiger partial charge in [-0.1, -0.05) is 192 Å². The van der Waals surface area contributed by atoms with E-state index in [1.807, 2.05) is 6.08 Å². The van der Waals surface area contributed by atoms with Crippen LogP contribution in [0.4, 0.5) is 0 Å². The lowest BCUT2D eigenvalue weighted by atomic mass is 9.99. The lowest BCUT2D eigenvalue weighted by molar-refractivity contribution is -0.808. The summed E-state index contributed by atoms with van der Waals surface area (Å²) in [5.41, 5.74) is 0. The normalized spacial score (nSPS) is 20.2. The molecular weight excluding hydrogens is 799 g/mol. The van der Waals surface area contributed by atoms with Crippen molar-refractivity contribution in [1.82, 2.24) is 5.32 Å². The molecule has 1 rings (SSSR count). The number of hydrogen-bond acceptors (Lipinski definition) is 12. The van der Waals surface area contributed by atoms with Crippen molar-refractivity contribution in [2.24, 2.45) is 0 Å². The first-order valence-electron chi connectivity index (χ1n) is 24.5. The third-order valence-corrected chi connectivity index (χ3v) is 11.6. The number of amides is 1. The van der Waals surface area contributed by atoms with E-state index in [4.69, 9.17) is 13.7 Å². The first kappa shape index (κ1) is 59.6. The van der Waals surface area contributed by atoms with Crippen LogP contribution in [0.1, 0.15) is 219 Å². The Morgan fingerprint density at radius 2 is 1.07 bits per heavy atom. The van der Waals surface area contributed by atoms with Crippen LogP contribution >= 0.6 is 0 Å². The van der Waals surface area contributed by atoms with Crippen molar-refractivity contribution < 1.29 is 54.1 Å². The van der Waals surface area contributed by atoms with Crippen molar-refractivity contribution >= 4 is 18.4 Å². The molecule has 0 aromatic heterocycles. The summed E-state index contributed by atoms with van der Waals surface area (Å²) in [6.07, 6.45) is 38.5. The Labute approximate surface area is 376 Å². The first-order valence-corrected chi connectivity index (χ1v) is 24.9. The third kappa shape index (κ3) is 33.7. The van der Waals surface area contributed by atoms with Gasteiger partial charge in [0.15, 0.2) is 24.9 Å². The molecule has 13 heteroatoms. The molecule has 0 aromatic carbocycles. The standard InChI is InChI=1S/C48H91NO10.OS/c1-3-5-7-9-11-13-15-17-18-19-20-21-22-23-24-26-28-30-32-34-36-38-44(52)49-41(40-56-48-46(54)47(58-59-55)45(53)43(39-50)57-48)42(51)37-35-33-31-29-27-25-16-14-12-10-8-6-4-2;1-2/h17-18,35,37,41-43,45-48,50-51,53-55H,3-16,19-34,36,38-40H2,1-2H3,(H,49,52);/p-1/b18-17-,37-35+;/t41-,42+,43?,45?,46?,47?,48?;/m0./s1. The topological polar surface area (TPSA) is 187 Å². The maximum atomic E-state index is 13.0. The molecule has 1 amide bonds. The quantitative estimate of drug-likeness (QED) is 0.0170. The van der Waals surface area contributed by atoms with Crippen molar-refractivity contribution in [1.29, 1.82) is 0 Å². The molecule has 0 saturated carbocycles. The van der Waals surface area contributed by atoms with Crippen LogP contribution in [0.25, 0.3) is 0 Å². The Morgan fingerprint density at radius 3 is 1.49 bits per heavy atom. The molecule has 5 N–H and O–H groups in total. The maximum absolute atomic E-state index is 13.0. The average Bonchev–Trinajstić information content (AvgIpc) is 3.27. The fourth-order valence-electron chi connectivity index (χ4n) is 7.77. The lowest BCUT2D eigenvalue weighted by Crippen LogP contribution is -2.61. The van der Waals surface area contributed by atoms with Crippen LogP contribution in [0, 0.1) is 0 Å². The van der Waals surface area contributed by atoms with E-state index in [0.717, 1.165) is 38.5 Å². The van der Waals surface area contributed by atoms with E-state index < -0.39 is 49.5 Å². The van der Waals surface area contributed by atoms with Gasteiger partial charge in [0.1, 0.15) is 18.3 Å². The predicted molar refractivity (Wildman–Crippen MR) is 243 cm³/mol. The van der Waals surface area contributed by atoms with Crippen molar-refractivity contribution in [3.63, 3.8) is 0 Å². The monoisotopic (exact) mass is 889 g/mol. The molecule has 12 nitrogen and oxygen atoms in total. The molecule has 360 valence electrons. The molecule has 0 bridgehead atoms. The van der Waals surface area contributed by atoms with Gasteiger partial charge in [0.05, 0.1) is 25.4 Å². The molecule has 0 aliphatic carbocycles. The number of allylic oxidation sites excluding steroid dienone is 3. The Kier molecular flexibility index (Phi) is 44.2. The molecule has 0 radical (unpaired) electrons. The summed E-state index contributed by atoms with van der Waals surface area (Å²) in [5, 5.41) is 58.6. The Bertz CT molecular complexity index is 1010. The van der Waals surface area contributed by atoms with Gasteiger partial charge in [0, 0.05) is 6.42 Å². The molecule has 0 aromatic rings. The summed E-state index contributed by atoms with van der Waals surface area (Å²) < 4.78 is 19.1. The second-order valence-electron chi connectivity index (χ2n) is 17.0. The fraction of sp³-hybridized carbons (Fsp3) is 0.896. The molecule has 7 atom stereocenters. The van der Waals surface area contributed by atoms with Crippen molar-refractivity contribution in [2.75, 3.05) is 13.2 Å². The molecular formula is C48H90NO11S-. The molecule has 0 spiro atoms. The summed E-state index contributed by atoms with van der Waals surface area (Å²) in [5.74, 6) is -0.209. The van der Waals surface area contributed by atoms with Gasteiger partial charge in [0.2, 0.25) is 5.91 Å². The van der Waals surface area contributed by atoms with Crippen molar-refractivity contribution in [3.05, 3.63) is 24.3 Å². The van der Waals surface area contributed by atoms with Crippen molar-refractivity contribution in [3.8, 4) is 0 Å². The number of aliphatic hydroxyl groups is 4. The van der Waals surface area contributed by atoms with Crippen LogP contribution in [-0.2, 0) is 36.7 Å². The zero-order valence-corrected chi connectivity index (χ0v) is 39.3. The molecule has 1 fully saturated rings. The Hall–Kier alpha value is -1.39.